The smallest absolute Gasteiger partial charge is 0.128 e. The Kier molecular flexibility index (Phi) is 4.17. The van der Waals surface area contributed by atoms with Crippen molar-refractivity contribution in [2.24, 2.45) is 5.73 Å². The zero-order chi connectivity index (χ0) is 13.8. The van der Waals surface area contributed by atoms with Crippen molar-refractivity contribution < 1.29 is 4.39 Å². The highest BCUT2D eigenvalue weighted by molar-refractivity contribution is 5.54. The van der Waals surface area contributed by atoms with E-state index in [1.54, 1.807) is 12.1 Å². The van der Waals surface area contributed by atoms with Crippen molar-refractivity contribution in [2.45, 2.75) is 19.5 Å². The molecule has 0 radical (unpaired) electrons. The van der Waals surface area contributed by atoms with Crippen LogP contribution in [0.15, 0.2) is 48.5 Å². The molecule has 0 saturated carbocycles. The SMILES string of the molecule is CC(N)c1ccccc1N(C)Cc1ccccc1F. The topological polar surface area (TPSA) is 29.3 Å². The van der Waals surface area contributed by atoms with Gasteiger partial charge in [-0.3, -0.25) is 0 Å². The zero-order valence-corrected chi connectivity index (χ0v) is 11.3. The van der Waals surface area contributed by atoms with E-state index < -0.39 is 0 Å². The van der Waals surface area contributed by atoms with E-state index in [2.05, 4.69) is 0 Å². The number of halogens is 1. The highest BCUT2D eigenvalue weighted by Gasteiger charge is 2.11. The van der Waals surface area contributed by atoms with Crippen LogP contribution in [0.5, 0.6) is 0 Å². The molecule has 2 rings (SSSR count). The molecule has 0 fully saturated rings. The van der Waals surface area contributed by atoms with Gasteiger partial charge in [0.05, 0.1) is 0 Å². The molecule has 1 unspecified atom stereocenters. The molecule has 2 aromatic rings. The van der Waals surface area contributed by atoms with Crippen molar-refractivity contribution in [1.29, 1.82) is 0 Å². The molecule has 2 N–H and O–H groups in total. The molecule has 0 aliphatic carbocycles. The molecule has 0 spiro atoms. The van der Waals surface area contributed by atoms with Gasteiger partial charge in [0.25, 0.3) is 0 Å². The first-order valence-corrected chi connectivity index (χ1v) is 6.38. The van der Waals surface area contributed by atoms with Gasteiger partial charge in [-0.1, -0.05) is 36.4 Å². The number of nitrogens with two attached hydrogens (primary N) is 1. The lowest BCUT2D eigenvalue weighted by Crippen LogP contribution is -2.20. The Morgan fingerprint density at radius 1 is 1.11 bits per heavy atom. The summed E-state index contributed by atoms with van der Waals surface area (Å²) in [5, 5.41) is 0. The van der Waals surface area contributed by atoms with Crippen LogP contribution < -0.4 is 10.6 Å². The first-order chi connectivity index (χ1) is 9.09. The van der Waals surface area contributed by atoms with Gasteiger partial charge in [0, 0.05) is 30.9 Å². The maximum Gasteiger partial charge on any atom is 0.128 e. The number of nitrogens with zero attached hydrogens (tertiary/aromatic N) is 1. The van der Waals surface area contributed by atoms with Crippen LogP contribution in [-0.2, 0) is 6.54 Å². The van der Waals surface area contributed by atoms with Crippen molar-refractivity contribution in [3.8, 4) is 0 Å². The van der Waals surface area contributed by atoms with Crippen LogP contribution in [0, 0.1) is 5.82 Å². The molecule has 2 aromatic carbocycles. The predicted octanol–water partition coefficient (Wildman–Crippen LogP) is 3.48. The van der Waals surface area contributed by atoms with E-state index in [4.69, 9.17) is 5.73 Å². The van der Waals surface area contributed by atoms with Crippen molar-refractivity contribution in [1.82, 2.24) is 0 Å². The van der Waals surface area contributed by atoms with Gasteiger partial charge in [-0.25, -0.2) is 4.39 Å². The van der Waals surface area contributed by atoms with Crippen LogP contribution in [0.25, 0.3) is 0 Å². The van der Waals surface area contributed by atoms with E-state index >= 15 is 0 Å². The largest absolute Gasteiger partial charge is 0.370 e. The second-order valence-corrected chi connectivity index (χ2v) is 4.79. The van der Waals surface area contributed by atoms with E-state index in [0.29, 0.717) is 12.1 Å². The highest BCUT2D eigenvalue weighted by Crippen LogP contribution is 2.25. The molecule has 19 heavy (non-hydrogen) atoms. The summed E-state index contributed by atoms with van der Waals surface area (Å²) in [5.74, 6) is -0.173. The molecule has 0 saturated heterocycles. The minimum Gasteiger partial charge on any atom is -0.370 e. The molecule has 3 heteroatoms. The van der Waals surface area contributed by atoms with Gasteiger partial charge in [0.1, 0.15) is 5.82 Å². The summed E-state index contributed by atoms with van der Waals surface area (Å²) >= 11 is 0. The monoisotopic (exact) mass is 258 g/mol. The Morgan fingerprint density at radius 2 is 1.74 bits per heavy atom. The van der Waals surface area contributed by atoms with E-state index in [1.807, 2.05) is 49.2 Å². The van der Waals surface area contributed by atoms with Crippen molar-refractivity contribution >= 4 is 5.69 Å². The number of hydrogen-bond donors (Lipinski definition) is 1. The van der Waals surface area contributed by atoms with Crippen LogP contribution in [0.4, 0.5) is 10.1 Å². The second-order valence-electron chi connectivity index (χ2n) is 4.79. The molecule has 0 aromatic heterocycles. The van der Waals surface area contributed by atoms with E-state index in [9.17, 15) is 4.39 Å². The summed E-state index contributed by atoms with van der Waals surface area (Å²) in [5.41, 5.74) is 8.77. The van der Waals surface area contributed by atoms with Gasteiger partial charge in [-0.15, -0.1) is 0 Å². The molecule has 0 heterocycles. The van der Waals surface area contributed by atoms with Crippen LogP contribution in [0.2, 0.25) is 0 Å². The van der Waals surface area contributed by atoms with Gasteiger partial charge in [-0.05, 0) is 24.6 Å². The number of para-hydroxylation sites is 1. The molecular weight excluding hydrogens is 239 g/mol. The third kappa shape index (κ3) is 3.12. The molecule has 0 bridgehead atoms. The van der Waals surface area contributed by atoms with Crippen molar-refractivity contribution in [2.75, 3.05) is 11.9 Å². The lowest BCUT2D eigenvalue weighted by Gasteiger charge is -2.24. The maximum absolute atomic E-state index is 13.7. The summed E-state index contributed by atoms with van der Waals surface area (Å²) in [4.78, 5) is 2.02. The number of hydrogen-bond acceptors (Lipinski definition) is 2. The Hall–Kier alpha value is -1.87. The molecular formula is C16H19FN2. The summed E-state index contributed by atoms with van der Waals surface area (Å²) in [6.45, 7) is 2.48. The van der Waals surface area contributed by atoms with Crippen LogP contribution in [0.1, 0.15) is 24.1 Å². The fourth-order valence-corrected chi connectivity index (χ4v) is 2.19. The fourth-order valence-electron chi connectivity index (χ4n) is 2.19. The predicted molar refractivity (Wildman–Crippen MR) is 77.6 cm³/mol. The average Bonchev–Trinajstić information content (AvgIpc) is 2.41. The van der Waals surface area contributed by atoms with Crippen molar-refractivity contribution in [3.63, 3.8) is 0 Å². The first-order valence-electron chi connectivity index (χ1n) is 6.38. The molecule has 0 amide bonds. The lowest BCUT2D eigenvalue weighted by atomic mass is 10.1. The molecule has 1 atom stereocenters. The molecule has 2 nitrogen and oxygen atoms in total. The van der Waals surface area contributed by atoms with E-state index in [0.717, 1.165) is 11.3 Å². The lowest BCUT2D eigenvalue weighted by molar-refractivity contribution is 0.607. The summed E-state index contributed by atoms with van der Waals surface area (Å²) in [7, 11) is 1.95. The van der Waals surface area contributed by atoms with Crippen LogP contribution >= 0.6 is 0 Å². The maximum atomic E-state index is 13.7. The number of benzene rings is 2. The Morgan fingerprint density at radius 3 is 2.42 bits per heavy atom. The Labute approximate surface area is 113 Å². The fraction of sp³-hybridized carbons (Fsp3) is 0.250. The van der Waals surface area contributed by atoms with Crippen LogP contribution in [0.3, 0.4) is 0 Å². The number of anilines is 1. The average molecular weight is 258 g/mol. The van der Waals surface area contributed by atoms with Crippen LogP contribution in [-0.4, -0.2) is 7.05 Å². The van der Waals surface area contributed by atoms with Gasteiger partial charge >= 0.3 is 0 Å². The van der Waals surface area contributed by atoms with Gasteiger partial charge in [-0.2, -0.15) is 0 Å². The van der Waals surface area contributed by atoms with E-state index in [-0.39, 0.29) is 11.9 Å². The Bertz CT molecular complexity index is 552. The highest BCUT2D eigenvalue weighted by atomic mass is 19.1. The third-order valence-corrected chi connectivity index (χ3v) is 3.20. The normalized spacial score (nSPS) is 12.2. The van der Waals surface area contributed by atoms with Gasteiger partial charge in [0.15, 0.2) is 0 Å². The van der Waals surface area contributed by atoms with E-state index in [1.165, 1.54) is 6.07 Å². The standard InChI is InChI=1S/C16H19FN2/c1-12(18)14-8-4-6-10-16(14)19(2)11-13-7-3-5-9-15(13)17/h3-10,12H,11,18H2,1-2H3. The Balaban J connectivity index is 2.26. The molecule has 100 valence electrons. The minimum absolute atomic E-state index is 0.0423. The zero-order valence-electron chi connectivity index (χ0n) is 11.3. The van der Waals surface area contributed by atoms with Gasteiger partial charge < -0.3 is 10.6 Å². The van der Waals surface area contributed by atoms with Crippen molar-refractivity contribution in [3.05, 3.63) is 65.5 Å². The minimum atomic E-state index is -0.173. The number of rotatable bonds is 4. The summed E-state index contributed by atoms with van der Waals surface area (Å²) in [6.07, 6.45) is 0. The second kappa shape index (κ2) is 5.85. The summed E-state index contributed by atoms with van der Waals surface area (Å²) in [6, 6.07) is 14.8. The third-order valence-electron chi connectivity index (χ3n) is 3.20. The van der Waals surface area contributed by atoms with Gasteiger partial charge in [0.2, 0.25) is 0 Å². The molecule has 0 aliphatic heterocycles. The summed E-state index contributed by atoms with van der Waals surface area (Å²) < 4.78 is 13.7. The molecule has 0 aliphatic rings. The quantitative estimate of drug-likeness (QED) is 0.909. The first kappa shape index (κ1) is 13.6.